The average Bonchev–Trinajstić information content (AvgIpc) is 2.64. The Balaban J connectivity index is 1.55. The number of carbonyl (C=O) groups is 1. The van der Waals surface area contributed by atoms with E-state index in [4.69, 9.17) is 4.74 Å². The lowest BCUT2D eigenvalue weighted by Crippen LogP contribution is -2.41. The third kappa shape index (κ3) is 5.28. The van der Waals surface area contributed by atoms with Gasteiger partial charge >= 0.3 is 0 Å². The smallest absolute Gasteiger partial charge is 0.253 e. The number of carbonyl (C=O) groups excluding carboxylic acids is 1. The third-order valence-corrected chi connectivity index (χ3v) is 5.41. The number of nitrogens with zero attached hydrogens (tertiary/aromatic N) is 1. The minimum atomic E-state index is -3.12. The lowest BCUT2D eigenvalue weighted by molar-refractivity contribution is 0.0595. The summed E-state index contributed by atoms with van der Waals surface area (Å²) >= 11 is 0. The number of ether oxygens (including phenoxy) is 1. The van der Waals surface area contributed by atoms with E-state index >= 15 is 0 Å². The number of benzene rings is 2. The molecule has 3 rings (SSSR count). The fourth-order valence-corrected chi connectivity index (χ4v) is 3.95. The van der Waals surface area contributed by atoms with Gasteiger partial charge in [-0.1, -0.05) is 12.1 Å². The summed E-state index contributed by atoms with van der Waals surface area (Å²) in [4.78, 5) is 14.3. The van der Waals surface area contributed by atoms with E-state index in [1.807, 2.05) is 0 Å². The fourth-order valence-electron chi connectivity index (χ4n) is 3.15. The highest BCUT2D eigenvalue weighted by Gasteiger charge is 2.25. The van der Waals surface area contributed by atoms with Crippen LogP contribution in [0.2, 0.25) is 0 Å². The van der Waals surface area contributed by atoms with Crippen LogP contribution in [0.5, 0.6) is 5.75 Å². The normalized spacial score (nSPS) is 15.5. The lowest BCUT2D eigenvalue weighted by atomic mass is 10.1. The van der Waals surface area contributed by atoms with Crippen LogP contribution in [0.3, 0.4) is 0 Å². The van der Waals surface area contributed by atoms with Crippen LogP contribution < -0.4 is 4.74 Å². The zero-order chi connectivity index (χ0) is 20.3. The van der Waals surface area contributed by atoms with Crippen LogP contribution in [0.4, 0.5) is 8.78 Å². The number of hydrogen-bond donors (Lipinski definition) is 0. The summed E-state index contributed by atoms with van der Waals surface area (Å²) < 4.78 is 54.6. The monoisotopic (exact) mass is 409 g/mol. The molecule has 0 unspecified atom stereocenters. The van der Waals surface area contributed by atoms with E-state index in [1.165, 1.54) is 12.3 Å². The molecule has 5 nitrogen and oxygen atoms in total. The molecule has 2 aromatic rings. The first kappa shape index (κ1) is 20.3. The number of likely N-dealkylation sites (tertiary alicyclic amines) is 1. The number of hydrogen-bond acceptors (Lipinski definition) is 4. The second-order valence-electron chi connectivity index (χ2n) is 6.95. The van der Waals surface area contributed by atoms with Crippen LogP contribution in [-0.2, 0) is 15.6 Å². The molecule has 150 valence electrons. The molecule has 1 aliphatic heterocycles. The molecule has 8 heteroatoms. The Morgan fingerprint density at radius 3 is 2.29 bits per heavy atom. The molecule has 0 aliphatic carbocycles. The van der Waals surface area contributed by atoms with Crippen LogP contribution in [0, 0.1) is 11.6 Å². The summed E-state index contributed by atoms with van der Waals surface area (Å²) in [6, 6.07) is 9.98. The van der Waals surface area contributed by atoms with E-state index in [2.05, 4.69) is 0 Å². The van der Waals surface area contributed by atoms with Gasteiger partial charge in [0.25, 0.3) is 5.91 Å². The lowest BCUT2D eigenvalue weighted by Gasteiger charge is -2.32. The van der Waals surface area contributed by atoms with Crippen molar-refractivity contribution in [3.8, 4) is 5.75 Å². The molecule has 0 saturated carbocycles. The maximum atomic E-state index is 13.3. The summed E-state index contributed by atoms with van der Waals surface area (Å²) in [6.45, 7) is 0.969. The second-order valence-corrected chi connectivity index (χ2v) is 9.09. The zero-order valence-electron chi connectivity index (χ0n) is 15.4. The first-order valence-corrected chi connectivity index (χ1v) is 10.9. The first-order valence-electron chi connectivity index (χ1n) is 8.89. The van der Waals surface area contributed by atoms with Crippen molar-refractivity contribution in [3.05, 3.63) is 65.2 Å². The zero-order valence-corrected chi connectivity index (χ0v) is 16.2. The Hall–Kier alpha value is -2.48. The van der Waals surface area contributed by atoms with Gasteiger partial charge in [0.2, 0.25) is 0 Å². The van der Waals surface area contributed by atoms with Crippen LogP contribution in [0.15, 0.2) is 42.5 Å². The van der Waals surface area contributed by atoms with Crippen molar-refractivity contribution in [3.63, 3.8) is 0 Å². The summed E-state index contributed by atoms with van der Waals surface area (Å²) in [5.41, 5.74) is 1.13. The SMILES string of the molecule is CS(=O)(=O)Cc1ccc(C(=O)N2CCC(Oc3ccc(F)c(F)c3)CC2)cc1. The van der Waals surface area contributed by atoms with Crippen LogP contribution in [0.1, 0.15) is 28.8 Å². The Morgan fingerprint density at radius 1 is 1.07 bits per heavy atom. The van der Waals surface area contributed by atoms with Crippen molar-refractivity contribution in [1.29, 1.82) is 0 Å². The van der Waals surface area contributed by atoms with Gasteiger partial charge in [-0.15, -0.1) is 0 Å². The quantitative estimate of drug-likeness (QED) is 0.761. The molecule has 2 aromatic carbocycles. The van der Waals surface area contributed by atoms with Gasteiger partial charge in [-0.25, -0.2) is 17.2 Å². The molecule has 0 atom stereocenters. The Bertz CT molecular complexity index is 953. The predicted octanol–water partition coefficient (Wildman–Crippen LogP) is 3.19. The molecule has 0 N–H and O–H groups in total. The maximum absolute atomic E-state index is 13.3. The minimum Gasteiger partial charge on any atom is -0.490 e. The number of rotatable bonds is 5. The van der Waals surface area contributed by atoms with Crippen molar-refractivity contribution < 1.29 is 26.7 Å². The molecule has 28 heavy (non-hydrogen) atoms. The molecule has 1 amide bonds. The maximum Gasteiger partial charge on any atom is 0.253 e. The van der Waals surface area contributed by atoms with Crippen molar-refractivity contribution in [1.82, 2.24) is 4.90 Å². The third-order valence-electron chi connectivity index (χ3n) is 4.55. The topological polar surface area (TPSA) is 63.7 Å². The fraction of sp³-hybridized carbons (Fsp3) is 0.350. The molecule has 0 aromatic heterocycles. The van der Waals surface area contributed by atoms with Gasteiger partial charge in [0.1, 0.15) is 11.9 Å². The highest BCUT2D eigenvalue weighted by molar-refractivity contribution is 7.89. The van der Waals surface area contributed by atoms with E-state index < -0.39 is 21.5 Å². The minimum absolute atomic E-state index is 0.0613. The van der Waals surface area contributed by atoms with Gasteiger partial charge in [0, 0.05) is 43.8 Å². The summed E-state index contributed by atoms with van der Waals surface area (Å²) in [5, 5.41) is 0. The molecule has 1 fully saturated rings. The van der Waals surface area contributed by atoms with Crippen molar-refractivity contribution >= 4 is 15.7 Å². The molecular formula is C20H21F2NO4S. The Labute approximate surface area is 162 Å². The van der Waals surface area contributed by atoms with E-state index in [0.717, 1.165) is 12.1 Å². The van der Waals surface area contributed by atoms with Crippen LogP contribution in [0.25, 0.3) is 0 Å². The predicted molar refractivity (Wildman–Crippen MR) is 101 cm³/mol. The van der Waals surface area contributed by atoms with Crippen molar-refractivity contribution in [2.45, 2.75) is 24.7 Å². The van der Waals surface area contributed by atoms with Gasteiger partial charge in [-0.2, -0.15) is 0 Å². The van der Waals surface area contributed by atoms with Crippen LogP contribution in [-0.4, -0.2) is 44.7 Å². The number of halogens is 2. The molecular weight excluding hydrogens is 388 g/mol. The molecule has 1 saturated heterocycles. The standard InChI is InChI=1S/C20H21F2NO4S/c1-28(25,26)13-14-2-4-15(5-3-14)20(24)23-10-8-16(9-11-23)27-17-6-7-18(21)19(22)12-17/h2-7,12,16H,8-11,13H2,1H3. The Morgan fingerprint density at radius 2 is 1.71 bits per heavy atom. The average molecular weight is 409 g/mol. The molecule has 1 aliphatic rings. The van der Waals surface area contributed by atoms with E-state index in [-0.39, 0.29) is 23.5 Å². The van der Waals surface area contributed by atoms with Crippen molar-refractivity contribution in [2.24, 2.45) is 0 Å². The number of amides is 1. The van der Waals surface area contributed by atoms with Crippen LogP contribution >= 0.6 is 0 Å². The van der Waals surface area contributed by atoms with Crippen molar-refractivity contribution in [2.75, 3.05) is 19.3 Å². The van der Waals surface area contributed by atoms with Gasteiger partial charge in [-0.3, -0.25) is 4.79 Å². The second kappa shape index (κ2) is 8.26. The van der Waals surface area contributed by atoms with Gasteiger partial charge in [0.05, 0.1) is 5.75 Å². The largest absolute Gasteiger partial charge is 0.490 e. The summed E-state index contributed by atoms with van der Waals surface area (Å²) in [5.74, 6) is -1.80. The molecule has 0 spiro atoms. The van der Waals surface area contributed by atoms with Gasteiger partial charge in [0.15, 0.2) is 21.5 Å². The molecule has 0 radical (unpaired) electrons. The highest BCUT2D eigenvalue weighted by atomic mass is 32.2. The highest BCUT2D eigenvalue weighted by Crippen LogP contribution is 2.22. The van der Waals surface area contributed by atoms with E-state index in [0.29, 0.717) is 37.1 Å². The first-order chi connectivity index (χ1) is 13.2. The summed E-state index contributed by atoms with van der Waals surface area (Å²) in [7, 11) is -3.12. The molecule has 0 bridgehead atoms. The van der Waals surface area contributed by atoms with Gasteiger partial charge in [-0.05, 0) is 29.8 Å². The number of sulfone groups is 1. The van der Waals surface area contributed by atoms with E-state index in [1.54, 1.807) is 29.2 Å². The summed E-state index contributed by atoms with van der Waals surface area (Å²) in [6.07, 6.45) is 2.15. The van der Waals surface area contributed by atoms with Gasteiger partial charge < -0.3 is 9.64 Å². The molecule has 1 heterocycles. The Kier molecular flexibility index (Phi) is 5.98. The van der Waals surface area contributed by atoms with E-state index in [9.17, 15) is 22.0 Å². The number of piperidine rings is 1.